The second-order valence-corrected chi connectivity index (χ2v) is 12.2. The van der Waals surface area contributed by atoms with Crippen molar-refractivity contribution in [1.82, 2.24) is 14.8 Å². The first-order valence-electron chi connectivity index (χ1n) is 13.9. The second-order valence-electron chi connectivity index (χ2n) is 9.92. The summed E-state index contributed by atoms with van der Waals surface area (Å²) in [5.41, 5.74) is 3.91. The first-order valence-corrected chi connectivity index (χ1v) is 16.1. The molecule has 1 atom stereocenters. The number of carbonyl (C=O) groups excluding carboxylic acids is 1. The Balaban J connectivity index is 1.46. The molecule has 0 saturated heterocycles. The Kier molecular flexibility index (Phi) is 10.3. The highest BCUT2D eigenvalue weighted by atomic mass is 79.9. The standard InChI is InChI=1S/C32H32BrClN4O4S/c1-4-5-16-41-30(39)28-20(2)35-31-36-32(43-19-23-8-6-7-9-25(23)34)37-38(31)29(28)22-12-15-26(27(17-22)40-3)42-18-21-10-13-24(33)14-11-21/h6-15,17,29H,4-5,16,18-19H2,1-3H3,(H,35,36,37). The number of esters is 1. The molecular formula is C32H32BrClN4O4S. The Labute approximate surface area is 268 Å². The van der Waals surface area contributed by atoms with Gasteiger partial charge in [0.15, 0.2) is 11.5 Å². The van der Waals surface area contributed by atoms with Gasteiger partial charge in [0.05, 0.1) is 19.3 Å². The monoisotopic (exact) mass is 682 g/mol. The number of aromatic nitrogens is 3. The molecule has 1 N–H and O–H groups in total. The molecule has 224 valence electrons. The Hall–Kier alpha value is -3.47. The number of carbonyl (C=O) groups is 1. The summed E-state index contributed by atoms with van der Waals surface area (Å²) < 4.78 is 20.3. The molecule has 4 aromatic rings. The van der Waals surface area contributed by atoms with E-state index in [1.807, 2.05) is 73.7 Å². The number of methoxy groups -OCH3 is 1. The van der Waals surface area contributed by atoms with Crippen molar-refractivity contribution in [3.8, 4) is 11.5 Å². The molecule has 8 nitrogen and oxygen atoms in total. The van der Waals surface area contributed by atoms with E-state index in [9.17, 15) is 4.79 Å². The zero-order valence-electron chi connectivity index (χ0n) is 24.1. The molecular weight excluding hydrogens is 652 g/mol. The van der Waals surface area contributed by atoms with Crippen LogP contribution in [0.3, 0.4) is 0 Å². The fraction of sp³-hybridized carbons (Fsp3) is 0.281. The van der Waals surface area contributed by atoms with Crippen LogP contribution in [0.4, 0.5) is 5.95 Å². The number of benzene rings is 3. The zero-order chi connectivity index (χ0) is 30.3. The van der Waals surface area contributed by atoms with Crippen LogP contribution in [-0.2, 0) is 21.9 Å². The van der Waals surface area contributed by atoms with E-state index in [1.54, 1.807) is 11.8 Å². The number of rotatable bonds is 12. The molecule has 3 aromatic carbocycles. The Morgan fingerprint density at radius 1 is 1.12 bits per heavy atom. The van der Waals surface area contributed by atoms with Crippen molar-refractivity contribution in [2.24, 2.45) is 0 Å². The van der Waals surface area contributed by atoms with Crippen LogP contribution in [-0.4, -0.2) is 34.5 Å². The number of anilines is 1. The van der Waals surface area contributed by atoms with Gasteiger partial charge in [0.25, 0.3) is 0 Å². The van der Waals surface area contributed by atoms with Gasteiger partial charge in [-0.1, -0.05) is 89.0 Å². The van der Waals surface area contributed by atoms with Crippen molar-refractivity contribution >= 4 is 51.2 Å². The summed E-state index contributed by atoms with van der Waals surface area (Å²) in [6.07, 6.45) is 1.71. The third-order valence-electron chi connectivity index (χ3n) is 6.91. The van der Waals surface area contributed by atoms with Crippen molar-refractivity contribution in [2.75, 3.05) is 19.0 Å². The van der Waals surface area contributed by atoms with Crippen LogP contribution < -0.4 is 14.8 Å². The Morgan fingerprint density at radius 3 is 2.65 bits per heavy atom. The second kappa shape index (κ2) is 14.3. The van der Waals surface area contributed by atoms with E-state index < -0.39 is 12.0 Å². The maximum atomic E-state index is 13.5. The summed E-state index contributed by atoms with van der Waals surface area (Å²) in [6, 6.07) is 20.7. The van der Waals surface area contributed by atoms with Crippen LogP contribution >= 0.6 is 39.3 Å². The minimum atomic E-state index is -0.595. The lowest BCUT2D eigenvalue weighted by Gasteiger charge is -2.28. The molecule has 0 bridgehead atoms. The summed E-state index contributed by atoms with van der Waals surface area (Å²) in [4.78, 5) is 18.2. The largest absolute Gasteiger partial charge is 0.493 e. The quantitative estimate of drug-likeness (QED) is 0.0909. The highest BCUT2D eigenvalue weighted by Gasteiger charge is 2.36. The lowest BCUT2D eigenvalue weighted by molar-refractivity contribution is -0.139. The first-order chi connectivity index (χ1) is 20.9. The van der Waals surface area contributed by atoms with Crippen molar-refractivity contribution in [1.29, 1.82) is 0 Å². The van der Waals surface area contributed by atoms with Crippen molar-refractivity contribution < 1.29 is 19.0 Å². The summed E-state index contributed by atoms with van der Waals surface area (Å²) in [6.45, 7) is 4.63. The molecule has 1 unspecified atom stereocenters. The van der Waals surface area contributed by atoms with E-state index in [0.29, 0.717) is 57.9 Å². The number of thioether (sulfide) groups is 1. The molecule has 11 heteroatoms. The fourth-order valence-electron chi connectivity index (χ4n) is 4.63. The van der Waals surface area contributed by atoms with E-state index in [2.05, 4.69) is 28.2 Å². The molecule has 0 radical (unpaired) electrons. The first kappa shape index (κ1) is 31.0. The molecule has 0 saturated carbocycles. The molecule has 0 spiro atoms. The molecule has 0 amide bonds. The number of hydrogen-bond donors (Lipinski definition) is 1. The van der Waals surface area contributed by atoms with Crippen LogP contribution in [0.15, 0.2) is 87.6 Å². The van der Waals surface area contributed by atoms with Gasteiger partial charge in [0.2, 0.25) is 11.1 Å². The number of halogens is 2. The van der Waals surface area contributed by atoms with Crippen LogP contribution in [0.2, 0.25) is 5.02 Å². The lowest BCUT2D eigenvalue weighted by Crippen LogP contribution is -2.29. The summed E-state index contributed by atoms with van der Waals surface area (Å²) in [5.74, 6) is 1.86. The number of nitrogens with zero attached hydrogens (tertiary/aromatic N) is 3. The Morgan fingerprint density at radius 2 is 1.91 bits per heavy atom. The highest BCUT2D eigenvalue weighted by Crippen LogP contribution is 2.40. The van der Waals surface area contributed by atoms with Crippen LogP contribution in [0.1, 0.15) is 49.4 Å². The third-order valence-corrected chi connectivity index (χ3v) is 8.69. The maximum Gasteiger partial charge on any atom is 0.338 e. The van der Waals surface area contributed by atoms with Crippen LogP contribution in [0.5, 0.6) is 11.5 Å². The molecule has 2 heterocycles. The van der Waals surface area contributed by atoms with Gasteiger partial charge in [-0.05, 0) is 60.4 Å². The predicted octanol–water partition coefficient (Wildman–Crippen LogP) is 8.21. The average Bonchev–Trinajstić information content (AvgIpc) is 3.42. The SMILES string of the molecule is CCCCOC(=O)C1=C(C)Nc2nc(SCc3ccccc3Cl)nn2C1c1ccc(OCc2ccc(Br)cc2)c(OC)c1. The van der Waals surface area contributed by atoms with Gasteiger partial charge in [-0.25, -0.2) is 9.48 Å². The van der Waals surface area contributed by atoms with Crippen LogP contribution in [0, 0.1) is 0 Å². The predicted molar refractivity (Wildman–Crippen MR) is 173 cm³/mol. The number of ether oxygens (including phenoxy) is 3. The smallest absolute Gasteiger partial charge is 0.338 e. The van der Waals surface area contributed by atoms with Gasteiger partial charge in [0, 0.05) is 20.9 Å². The van der Waals surface area contributed by atoms with E-state index >= 15 is 0 Å². The lowest BCUT2D eigenvalue weighted by atomic mass is 9.95. The number of allylic oxidation sites excluding steroid dienone is 1. The molecule has 43 heavy (non-hydrogen) atoms. The molecule has 0 fully saturated rings. The van der Waals surface area contributed by atoms with Gasteiger partial charge < -0.3 is 19.5 Å². The van der Waals surface area contributed by atoms with Gasteiger partial charge >= 0.3 is 5.97 Å². The fourth-order valence-corrected chi connectivity index (χ4v) is 6.00. The minimum absolute atomic E-state index is 0.341. The third kappa shape index (κ3) is 7.37. The van der Waals surface area contributed by atoms with Crippen molar-refractivity contribution in [2.45, 2.75) is 50.2 Å². The van der Waals surface area contributed by atoms with Gasteiger partial charge in [-0.3, -0.25) is 0 Å². The molecule has 0 aliphatic carbocycles. The number of nitrogens with one attached hydrogen (secondary N) is 1. The molecule has 1 aliphatic heterocycles. The van der Waals surface area contributed by atoms with E-state index in [-0.39, 0.29) is 0 Å². The van der Waals surface area contributed by atoms with E-state index in [1.165, 1.54) is 11.8 Å². The number of unbranched alkanes of at least 4 members (excludes halogenated alkanes) is 1. The van der Waals surface area contributed by atoms with Gasteiger partial charge in [-0.2, -0.15) is 4.98 Å². The van der Waals surface area contributed by atoms with Crippen molar-refractivity contribution in [3.63, 3.8) is 0 Å². The van der Waals surface area contributed by atoms with Crippen molar-refractivity contribution in [3.05, 3.63) is 104 Å². The average molecular weight is 684 g/mol. The molecule has 1 aliphatic rings. The maximum absolute atomic E-state index is 13.5. The topological polar surface area (TPSA) is 87.5 Å². The van der Waals surface area contributed by atoms with Gasteiger partial charge in [0.1, 0.15) is 12.6 Å². The summed E-state index contributed by atoms with van der Waals surface area (Å²) in [7, 11) is 1.60. The highest BCUT2D eigenvalue weighted by molar-refractivity contribution is 9.10. The zero-order valence-corrected chi connectivity index (χ0v) is 27.3. The van der Waals surface area contributed by atoms with E-state index in [4.69, 9.17) is 35.9 Å². The Bertz CT molecular complexity index is 1630. The summed E-state index contributed by atoms with van der Waals surface area (Å²) >= 11 is 11.3. The van der Waals surface area contributed by atoms with Gasteiger partial charge in [-0.15, -0.1) is 5.10 Å². The summed E-state index contributed by atoms with van der Waals surface area (Å²) in [5, 5.41) is 9.34. The molecule has 1 aromatic heterocycles. The van der Waals surface area contributed by atoms with Crippen LogP contribution in [0.25, 0.3) is 0 Å². The normalized spacial score (nSPS) is 14.2. The van der Waals surface area contributed by atoms with E-state index in [0.717, 1.165) is 34.0 Å². The number of fused-ring (bicyclic) bond motifs is 1. The minimum Gasteiger partial charge on any atom is -0.493 e. The number of hydrogen-bond acceptors (Lipinski definition) is 8. The molecule has 5 rings (SSSR count).